The summed E-state index contributed by atoms with van der Waals surface area (Å²) in [6.07, 6.45) is 0. The molecule has 0 saturated heterocycles. The zero-order valence-electron chi connectivity index (χ0n) is 10.6. The summed E-state index contributed by atoms with van der Waals surface area (Å²) in [6, 6.07) is 8.14. The van der Waals surface area contributed by atoms with Gasteiger partial charge < -0.3 is 15.7 Å². The van der Waals surface area contributed by atoms with Gasteiger partial charge in [0.2, 0.25) is 0 Å². The number of benzene rings is 2. The number of phenolic OH excluding ortho intramolecular Hbond substituents is 1. The van der Waals surface area contributed by atoms with Crippen LogP contribution >= 0.6 is 12.2 Å². The molecular weight excluding hydrogens is 282 g/mol. The molecule has 0 amide bonds. The van der Waals surface area contributed by atoms with E-state index in [4.69, 9.17) is 12.2 Å². The Morgan fingerprint density at radius 3 is 2.35 bits per heavy atom. The Labute approximate surface area is 120 Å². The minimum Gasteiger partial charge on any atom is -0.506 e. The summed E-state index contributed by atoms with van der Waals surface area (Å²) in [5.74, 6) is -1.38. The second-order valence-electron chi connectivity index (χ2n) is 4.22. The van der Waals surface area contributed by atoms with Crippen LogP contribution in [-0.2, 0) is 0 Å². The summed E-state index contributed by atoms with van der Waals surface area (Å²) in [7, 11) is 0. The number of nitrogens with one attached hydrogen (secondary N) is 2. The van der Waals surface area contributed by atoms with E-state index in [2.05, 4.69) is 10.6 Å². The molecule has 0 aliphatic carbocycles. The molecule has 2 aromatic carbocycles. The van der Waals surface area contributed by atoms with Crippen LogP contribution in [0.5, 0.6) is 5.75 Å². The summed E-state index contributed by atoms with van der Waals surface area (Å²) in [5.41, 5.74) is 1.35. The fourth-order valence-corrected chi connectivity index (χ4v) is 1.83. The van der Waals surface area contributed by atoms with Crippen molar-refractivity contribution in [3.63, 3.8) is 0 Å². The van der Waals surface area contributed by atoms with Crippen molar-refractivity contribution in [2.24, 2.45) is 0 Å². The molecule has 0 bridgehead atoms. The van der Waals surface area contributed by atoms with Gasteiger partial charge in [0.05, 0.1) is 11.4 Å². The third-order valence-corrected chi connectivity index (χ3v) is 2.78. The second-order valence-corrected chi connectivity index (χ2v) is 4.63. The Morgan fingerprint density at radius 1 is 1.05 bits per heavy atom. The number of aryl methyl sites for hydroxylation is 1. The number of hydrogen-bond donors (Lipinski definition) is 3. The van der Waals surface area contributed by atoms with Crippen LogP contribution in [0.3, 0.4) is 0 Å². The molecule has 0 aromatic heterocycles. The zero-order chi connectivity index (χ0) is 14.7. The van der Waals surface area contributed by atoms with Crippen LogP contribution in [0.2, 0.25) is 0 Å². The maximum Gasteiger partial charge on any atom is 0.175 e. The Morgan fingerprint density at radius 2 is 1.70 bits per heavy atom. The maximum atomic E-state index is 13.4. The highest BCUT2D eigenvalue weighted by Crippen LogP contribution is 2.24. The Bertz CT molecular complexity index is 606. The summed E-state index contributed by atoms with van der Waals surface area (Å²) < 4.78 is 26.2. The highest BCUT2D eigenvalue weighted by molar-refractivity contribution is 7.80. The first-order valence-corrected chi connectivity index (χ1v) is 6.19. The number of hydrogen-bond acceptors (Lipinski definition) is 2. The molecule has 0 atom stereocenters. The van der Waals surface area contributed by atoms with Crippen LogP contribution in [0.1, 0.15) is 5.56 Å². The normalized spacial score (nSPS) is 10.2. The number of halogens is 2. The van der Waals surface area contributed by atoms with E-state index in [-0.39, 0.29) is 16.5 Å². The van der Waals surface area contributed by atoms with Crippen molar-refractivity contribution in [1.29, 1.82) is 0 Å². The average Bonchev–Trinajstić information content (AvgIpc) is 2.36. The largest absolute Gasteiger partial charge is 0.506 e. The van der Waals surface area contributed by atoms with Gasteiger partial charge in [-0.3, -0.25) is 0 Å². The third-order valence-electron chi connectivity index (χ3n) is 2.58. The fourth-order valence-electron chi connectivity index (χ4n) is 1.61. The first kappa shape index (κ1) is 14.2. The molecular formula is C14H12F2N2OS. The van der Waals surface area contributed by atoms with Gasteiger partial charge in [-0.05, 0) is 49.0 Å². The van der Waals surface area contributed by atoms with Gasteiger partial charge in [-0.15, -0.1) is 0 Å². The van der Waals surface area contributed by atoms with Crippen molar-refractivity contribution in [3.05, 3.63) is 53.6 Å². The van der Waals surface area contributed by atoms with Crippen molar-refractivity contribution in [2.75, 3.05) is 10.6 Å². The van der Waals surface area contributed by atoms with Gasteiger partial charge in [0.15, 0.2) is 5.11 Å². The smallest absolute Gasteiger partial charge is 0.175 e. The fraction of sp³-hybridized carbons (Fsp3) is 0.0714. The van der Waals surface area contributed by atoms with Gasteiger partial charge in [-0.1, -0.05) is 6.07 Å². The molecule has 0 aliphatic rings. The van der Waals surface area contributed by atoms with E-state index in [1.807, 2.05) is 6.92 Å². The standard InChI is InChI=1S/C14H12F2N2OS/c1-8-2-4-12(13(19)6-8)18-14(20)17-11-5-3-9(15)7-10(11)16/h2-7,19H,1H3,(H2,17,18,20). The predicted octanol–water partition coefficient (Wildman–Crippen LogP) is 3.79. The monoisotopic (exact) mass is 294 g/mol. The minimum absolute atomic E-state index is 0.0359. The molecule has 104 valence electrons. The van der Waals surface area contributed by atoms with E-state index >= 15 is 0 Å². The summed E-state index contributed by atoms with van der Waals surface area (Å²) in [6.45, 7) is 1.84. The van der Waals surface area contributed by atoms with Gasteiger partial charge >= 0.3 is 0 Å². The molecule has 0 radical (unpaired) electrons. The number of rotatable bonds is 2. The molecule has 3 N–H and O–H groups in total. The van der Waals surface area contributed by atoms with Crippen LogP contribution in [0, 0.1) is 18.6 Å². The van der Waals surface area contributed by atoms with Gasteiger partial charge in [0.25, 0.3) is 0 Å². The Kier molecular flexibility index (Phi) is 4.14. The van der Waals surface area contributed by atoms with Crippen molar-refractivity contribution in [2.45, 2.75) is 6.92 Å². The SMILES string of the molecule is Cc1ccc(NC(=S)Nc2ccc(F)cc2F)c(O)c1. The molecule has 2 rings (SSSR count). The topological polar surface area (TPSA) is 44.3 Å². The first-order valence-electron chi connectivity index (χ1n) is 5.78. The Hall–Kier alpha value is -2.21. The average molecular weight is 294 g/mol. The molecule has 2 aromatic rings. The van der Waals surface area contributed by atoms with Gasteiger partial charge in [-0.25, -0.2) is 8.78 Å². The van der Waals surface area contributed by atoms with E-state index in [1.165, 1.54) is 6.07 Å². The number of phenols is 1. The van der Waals surface area contributed by atoms with E-state index < -0.39 is 11.6 Å². The van der Waals surface area contributed by atoms with Crippen molar-refractivity contribution in [1.82, 2.24) is 0 Å². The zero-order valence-corrected chi connectivity index (χ0v) is 11.4. The van der Waals surface area contributed by atoms with Crippen LogP contribution in [0.25, 0.3) is 0 Å². The number of aromatic hydroxyl groups is 1. The summed E-state index contributed by atoms with van der Waals surface area (Å²) >= 11 is 5.01. The molecule has 0 fully saturated rings. The van der Waals surface area contributed by atoms with Crippen LogP contribution in [0.4, 0.5) is 20.2 Å². The quantitative estimate of drug-likeness (QED) is 0.582. The van der Waals surface area contributed by atoms with Crippen molar-refractivity contribution in [3.8, 4) is 5.75 Å². The minimum atomic E-state index is -0.748. The third kappa shape index (κ3) is 3.42. The van der Waals surface area contributed by atoms with E-state index in [1.54, 1.807) is 18.2 Å². The highest BCUT2D eigenvalue weighted by atomic mass is 32.1. The maximum absolute atomic E-state index is 13.4. The van der Waals surface area contributed by atoms with Crippen molar-refractivity contribution >= 4 is 28.7 Å². The molecule has 20 heavy (non-hydrogen) atoms. The lowest BCUT2D eigenvalue weighted by molar-refractivity contribution is 0.477. The van der Waals surface area contributed by atoms with Gasteiger partial charge in [0.1, 0.15) is 17.4 Å². The number of thiocarbonyl (C=S) groups is 1. The Balaban J connectivity index is 2.09. The van der Waals surface area contributed by atoms with Crippen LogP contribution in [0.15, 0.2) is 36.4 Å². The molecule has 0 aliphatic heterocycles. The summed E-state index contributed by atoms with van der Waals surface area (Å²) in [5, 5.41) is 15.1. The molecule has 0 spiro atoms. The lowest BCUT2D eigenvalue weighted by atomic mass is 10.2. The first-order chi connectivity index (χ1) is 9.45. The van der Waals surface area contributed by atoms with E-state index in [0.29, 0.717) is 5.69 Å². The van der Waals surface area contributed by atoms with E-state index in [9.17, 15) is 13.9 Å². The molecule has 3 nitrogen and oxygen atoms in total. The number of anilines is 2. The predicted molar refractivity (Wildman–Crippen MR) is 79.0 cm³/mol. The molecule has 0 unspecified atom stereocenters. The second kappa shape index (κ2) is 5.83. The van der Waals surface area contributed by atoms with Crippen molar-refractivity contribution < 1.29 is 13.9 Å². The lowest BCUT2D eigenvalue weighted by Crippen LogP contribution is -2.19. The summed E-state index contributed by atoms with van der Waals surface area (Å²) in [4.78, 5) is 0. The van der Waals surface area contributed by atoms with E-state index in [0.717, 1.165) is 17.7 Å². The van der Waals surface area contributed by atoms with Crippen LogP contribution < -0.4 is 10.6 Å². The molecule has 0 saturated carbocycles. The molecule has 6 heteroatoms. The van der Waals surface area contributed by atoms with Gasteiger partial charge in [0, 0.05) is 6.07 Å². The highest BCUT2D eigenvalue weighted by Gasteiger charge is 2.07. The van der Waals surface area contributed by atoms with Gasteiger partial charge in [-0.2, -0.15) is 0 Å². The molecule has 0 heterocycles. The van der Waals surface area contributed by atoms with Crippen LogP contribution in [-0.4, -0.2) is 10.2 Å². The lowest BCUT2D eigenvalue weighted by Gasteiger charge is -2.12.